The molecule has 4 nitrogen and oxygen atoms in total. The van der Waals surface area contributed by atoms with E-state index in [1.807, 2.05) is 0 Å². The van der Waals surface area contributed by atoms with Crippen molar-refractivity contribution >= 4 is 27.6 Å². The molecule has 0 aliphatic carbocycles. The molecule has 0 radical (unpaired) electrons. The Morgan fingerprint density at radius 1 is 1.19 bits per heavy atom. The molecule has 21 heavy (non-hydrogen) atoms. The van der Waals surface area contributed by atoms with Gasteiger partial charge in [-0.15, -0.1) is 0 Å². The molecular weight excluding hydrogens is 348 g/mol. The minimum Gasteiger partial charge on any atom is -0.465 e. The molecule has 0 atom stereocenters. The van der Waals surface area contributed by atoms with E-state index in [1.165, 1.54) is 19.2 Å². The molecule has 2 N–H and O–H groups in total. The minimum atomic E-state index is -0.781. The highest BCUT2D eigenvalue weighted by Crippen LogP contribution is 2.33. The molecule has 0 amide bonds. The van der Waals surface area contributed by atoms with Gasteiger partial charge in [0.1, 0.15) is 11.6 Å². The van der Waals surface area contributed by atoms with Gasteiger partial charge < -0.3 is 15.2 Å². The van der Waals surface area contributed by atoms with Crippen molar-refractivity contribution in [1.29, 1.82) is 0 Å². The van der Waals surface area contributed by atoms with E-state index in [0.29, 0.717) is 4.47 Å². The first kappa shape index (κ1) is 15.2. The van der Waals surface area contributed by atoms with Crippen LogP contribution in [0.25, 0.3) is 0 Å². The number of anilines is 1. The fourth-order valence-electron chi connectivity index (χ4n) is 1.61. The summed E-state index contributed by atoms with van der Waals surface area (Å²) in [5, 5.41) is 0. The number of hydrogen-bond acceptors (Lipinski definition) is 4. The molecule has 0 heterocycles. The van der Waals surface area contributed by atoms with E-state index in [-0.39, 0.29) is 22.7 Å². The van der Waals surface area contributed by atoms with Gasteiger partial charge in [0.25, 0.3) is 0 Å². The maximum Gasteiger partial charge on any atom is 0.340 e. The SMILES string of the molecule is COC(=O)c1cc(Oc2cc(F)ccc2Br)c(F)cc1N. The number of ether oxygens (including phenoxy) is 2. The average molecular weight is 358 g/mol. The molecule has 0 aromatic heterocycles. The molecule has 2 aromatic carbocycles. The monoisotopic (exact) mass is 357 g/mol. The second kappa shape index (κ2) is 6.09. The first-order valence-electron chi connectivity index (χ1n) is 5.72. The quantitative estimate of drug-likeness (QED) is 0.668. The molecule has 0 aliphatic rings. The van der Waals surface area contributed by atoms with Crippen LogP contribution in [-0.2, 0) is 4.74 Å². The van der Waals surface area contributed by atoms with Crippen molar-refractivity contribution in [2.45, 2.75) is 0 Å². The van der Waals surface area contributed by atoms with Gasteiger partial charge in [-0.05, 0) is 28.1 Å². The van der Waals surface area contributed by atoms with Gasteiger partial charge in [0.05, 0.1) is 17.1 Å². The van der Waals surface area contributed by atoms with Crippen LogP contribution in [0.2, 0.25) is 0 Å². The lowest BCUT2D eigenvalue weighted by Crippen LogP contribution is -2.07. The Labute approximate surface area is 127 Å². The largest absolute Gasteiger partial charge is 0.465 e. The van der Waals surface area contributed by atoms with Crippen LogP contribution in [-0.4, -0.2) is 13.1 Å². The average Bonchev–Trinajstić information content (AvgIpc) is 2.44. The van der Waals surface area contributed by atoms with Crippen LogP contribution in [0.5, 0.6) is 11.5 Å². The van der Waals surface area contributed by atoms with Gasteiger partial charge in [0, 0.05) is 23.9 Å². The number of nitrogens with two attached hydrogens (primary N) is 1. The molecule has 0 saturated heterocycles. The number of esters is 1. The van der Waals surface area contributed by atoms with Gasteiger partial charge in [-0.3, -0.25) is 0 Å². The Kier molecular flexibility index (Phi) is 4.42. The third kappa shape index (κ3) is 3.30. The number of methoxy groups -OCH3 is 1. The van der Waals surface area contributed by atoms with Gasteiger partial charge in [0.2, 0.25) is 0 Å². The van der Waals surface area contributed by atoms with Crippen LogP contribution in [0.1, 0.15) is 10.4 Å². The minimum absolute atomic E-state index is 0.0403. The van der Waals surface area contributed by atoms with Crippen LogP contribution < -0.4 is 10.5 Å². The van der Waals surface area contributed by atoms with E-state index in [1.54, 1.807) is 0 Å². The Balaban J connectivity index is 2.44. The first-order valence-corrected chi connectivity index (χ1v) is 6.52. The first-order chi connectivity index (χ1) is 9.92. The molecule has 0 bridgehead atoms. The maximum absolute atomic E-state index is 13.8. The molecule has 7 heteroatoms. The lowest BCUT2D eigenvalue weighted by molar-refractivity contribution is 0.0601. The number of rotatable bonds is 3. The predicted molar refractivity (Wildman–Crippen MR) is 76.3 cm³/mol. The van der Waals surface area contributed by atoms with Gasteiger partial charge >= 0.3 is 5.97 Å². The molecule has 0 saturated carbocycles. The zero-order chi connectivity index (χ0) is 15.6. The third-order valence-corrected chi connectivity index (χ3v) is 3.28. The van der Waals surface area contributed by atoms with E-state index in [0.717, 1.165) is 18.2 Å². The number of halogens is 3. The fourth-order valence-corrected chi connectivity index (χ4v) is 1.94. The van der Waals surface area contributed by atoms with Gasteiger partial charge in [-0.2, -0.15) is 0 Å². The summed E-state index contributed by atoms with van der Waals surface area (Å²) in [7, 11) is 1.18. The topological polar surface area (TPSA) is 61.5 Å². The Hall–Kier alpha value is -2.15. The molecule has 2 aromatic rings. The van der Waals surface area contributed by atoms with Crippen molar-refractivity contribution in [2.75, 3.05) is 12.8 Å². The number of hydrogen-bond donors (Lipinski definition) is 1. The maximum atomic E-state index is 13.8. The van der Waals surface area contributed by atoms with Gasteiger partial charge in [0.15, 0.2) is 11.6 Å². The summed E-state index contributed by atoms with van der Waals surface area (Å²) in [6.45, 7) is 0. The molecule has 110 valence electrons. The number of nitrogen functional groups attached to an aromatic ring is 1. The number of benzene rings is 2. The van der Waals surface area contributed by atoms with Crippen LogP contribution >= 0.6 is 15.9 Å². The van der Waals surface area contributed by atoms with Gasteiger partial charge in [-0.1, -0.05) is 0 Å². The lowest BCUT2D eigenvalue weighted by Gasteiger charge is -2.11. The van der Waals surface area contributed by atoms with E-state index < -0.39 is 17.6 Å². The molecule has 0 fully saturated rings. The smallest absolute Gasteiger partial charge is 0.340 e. The summed E-state index contributed by atoms with van der Waals surface area (Å²) >= 11 is 3.16. The number of carbonyl (C=O) groups is 1. The van der Waals surface area contributed by atoms with E-state index in [2.05, 4.69) is 20.7 Å². The Morgan fingerprint density at radius 3 is 2.57 bits per heavy atom. The normalized spacial score (nSPS) is 10.3. The Bertz CT molecular complexity index is 707. The highest BCUT2D eigenvalue weighted by atomic mass is 79.9. The predicted octanol–water partition coefficient (Wildman–Crippen LogP) is 3.89. The van der Waals surface area contributed by atoms with Crippen LogP contribution in [0.4, 0.5) is 14.5 Å². The second-order valence-electron chi connectivity index (χ2n) is 4.04. The van der Waals surface area contributed by atoms with Crippen molar-refractivity contribution in [1.82, 2.24) is 0 Å². The summed E-state index contributed by atoms with van der Waals surface area (Å²) < 4.78 is 37.3. The Morgan fingerprint density at radius 2 is 1.90 bits per heavy atom. The van der Waals surface area contributed by atoms with E-state index in [9.17, 15) is 13.6 Å². The highest BCUT2D eigenvalue weighted by Gasteiger charge is 2.17. The lowest BCUT2D eigenvalue weighted by atomic mass is 10.1. The highest BCUT2D eigenvalue weighted by molar-refractivity contribution is 9.10. The second-order valence-corrected chi connectivity index (χ2v) is 4.89. The van der Waals surface area contributed by atoms with Crippen molar-refractivity contribution in [2.24, 2.45) is 0 Å². The summed E-state index contributed by atoms with van der Waals surface area (Å²) in [6, 6.07) is 5.76. The van der Waals surface area contributed by atoms with Crippen LogP contribution in [0.3, 0.4) is 0 Å². The molecule has 0 unspecified atom stereocenters. The molecule has 0 spiro atoms. The molecule has 0 aliphatic heterocycles. The third-order valence-electron chi connectivity index (χ3n) is 2.62. The van der Waals surface area contributed by atoms with Crippen molar-refractivity contribution in [3.8, 4) is 11.5 Å². The van der Waals surface area contributed by atoms with Gasteiger partial charge in [-0.25, -0.2) is 13.6 Å². The zero-order valence-corrected chi connectivity index (χ0v) is 12.4. The van der Waals surface area contributed by atoms with Crippen molar-refractivity contribution < 1.29 is 23.0 Å². The fraction of sp³-hybridized carbons (Fsp3) is 0.0714. The molecule has 2 rings (SSSR count). The molecular formula is C14H10BrF2NO3. The summed E-state index contributed by atoms with van der Waals surface area (Å²) in [5.74, 6) is -2.25. The van der Waals surface area contributed by atoms with Crippen LogP contribution in [0, 0.1) is 11.6 Å². The van der Waals surface area contributed by atoms with E-state index in [4.69, 9.17) is 10.5 Å². The standard InChI is InChI=1S/C14H10BrF2NO3/c1-20-14(19)8-5-13(10(17)6-11(8)18)21-12-4-7(16)2-3-9(12)15/h2-6H,18H2,1H3. The van der Waals surface area contributed by atoms with Crippen molar-refractivity contribution in [3.05, 3.63) is 52.0 Å². The summed E-state index contributed by atoms with van der Waals surface area (Å²) in [6.07, 6.45) is 0. The summed E-state index contributed by atoms with van der Waals surface area (Å²) in [5.41, 5.74) is 5.43. The summed E-state index contributed by atoms with van der Waals surface area (Å²) in [4.78, 5) is 11.5. The van der Waals surface area contributed by atoms with E-state index >= 15 is 0 Å². The zero-order valence-electron chi connectivity index (χ0n) is 10.8. The van der Waals surface area contributed by atoms with Crippen LogP contribution in [0.15, 0.2) is 34.8 Å². The number of carbonyl (C=O) groups excluding carboxylic acids is 1. The van der Waals surface area contributed by atoms with Crippen molar-refractivity contribution in [3.63, 3.8) is 0 Å².